The third kappa shape index (κ3) is 3.56. The van der Waals surface area contributed by atoms with Crippen molar-refractivity contribution in [3.05, 3.63) is 71.8 Å². The SMILES string of the molecule is O=[PH]1O[SiH](Cc2ccccc2)[SiH](Cc2ccccc2)O1. The summed E-state index contributed by atoms with van der Waals surface area (Å²) in [7, 11) is -5.22. The van der Waals surface area contributed by atoms with Crippen LogP contribution in [0.4, 0.5) is 0 Å². The topological polar surface area (TPSA) is 35.5 Å². The third-order valence-electron chi connectivity index (χ3n) is 3.47. The maximum absolute atomic E-state index is 11.7. The average Bonchev–Trinajstić information content (AvgIpc) is 2.81. The number of benzene rings is 2. The Morgan fingerprint density at radius 1 is 0.750 bits per heavy atom. The van der Waals surface area contributed by atoms with Gasteiger partial charge < -0.3 is 8.43 Å². The van der Waals surface area contributed by atoms with Crippen LogP contribution in [0.3, 0.4) is 0 Å². The molecule has 2 unspecified atom stereocenters. The third-order valence-corrected chi connectivity index (χ3v) is 16.4. The van der Waals surface area contributed by atoms with Gasteiger partial charge in [-0.05, 0) is 23.2 Å². The quantitative estimate of drug-likeness (QED) is 0.641. The van der Waals surface area contributed by atoms with Crippen LogP contribution in [0.15, 0.2) is 60.7 Å². The monoisotopic (exact) mass is 320 g/mol. The van der Waals surface area contributed by atoms with Crippen LogP contribution in [0.25, 0.3) is 0 Å². The van der Waals surface area contributed by atoms with Crippen LogP contribution in [0, 0.1) is 0 Å². The van der Waals surface area contributed by atoms with Crippen LogP contribution < -0.4 is 0 Å². The predicted octanol–water partition coefficient (Wildman–Crippen LogP) is 2.51. The fourth-order valence-corrected chi connectivity index (χ4v) is 17.0. The maximum atomic E-state index is 11.7. The van der Waals surface area contributed by atoms with Crippen molar-refractivity contribution in [3.8, 4) is 0 Å². The van der Waals surface area contributed by atoms with E-state index in [1.807, 2.05) is 36.4 Å². The van der Waals surface area contributed by atoms with Gasteiger partial charge in [0.05, 0.1) is 0 Å². The molecule has 20 heavy (non-hydrogen) atoms. The Bertz CT molecular complexity index is 528. The Kier molecular flexibility index (Phi) is 4.65. The van der Waals surface area contributed by atoms with Crippen molar-refractivity contribution in [2.75, 3.05) is 0 Å². The second kappa shape index (κ2) is 6.65. The van der Waals surface area contributed by atoms with Crippen molar-refractivity contribution in [1.29, 1.82) is 0 Å². The van der Waals surface area contributed by atoms with Gasteiger partial charge in [0.25, 0.3) is 8.25 Å². The maximum Gasteiger partial charge on any atom is 0.298 e. The van der Waals surface area contributed by atoms with E-state index in [4.69, 9.17) is 8.43 Å². The molecule has 0 radical (unpaired) electrons. The Labute approximate surface area is 122 Å². The summed E-state index contributed by atoms with van der Waals surface area (Å²) in [4.78, 5) is 0. The molecule has 0 aliphatic carbocycles. The summed E-state index contributed by atoms with van der Waals surface area (Å²) in [6.45, 7) is 0. The molecule has 2 aromatic rings. The number of rotatable bonds is 4. The molecule has 2 atom stereocenters. The van der Waals surface area contributed by atoms with Gasteiger partial charge in [-0.15, -0.1) is 0 Å². The minimum absolute atomic E-state index is 0.932. The molecule has 0 amide bonds. The molecular formula is C14H17O3PSi2. The summed E-state index contributed by atoms with van der Waals surface area (Å²) in [5, 5.41) is 0. The summed E-state index contributed by atoms with van der Waals surface area (Å²) in [6, 6.07) is 22.5. The van der Waals surface area contributed by atoms with Crippen molar-refractivity contribution in [2.45, 2.75) is 12.1 Å². The number of hydrogen-bond donors (Lipinski definition) is 0. The molecular weight excluding hydrogens is 303 g/mol. The van der Waals surface area contributed by atoms with Crippen LogP contribution in [-0.4, -0.2) is 17.1 Å². The van der Waals surface area contributed by atoms with Gasteiger partial charge in [-0.3, -0.25) is 4.57 Å². The summed E-state index contributed by atoms with van der Waals surface area (Å²) in [6.07, 6.45) is 0. The van der Waals surface area contributed by atoms with E-state index in [1.165, 1.54) is 11.1 Å². The van der Waals surface area contributed by atoms with Gasteiger partial charge in [-0.2, -0.15) is 0 Å². The van der Waals surface area contributed by atoms with E-state index in [0.29, 0.717) is 0 Å². The molecule has 0 N–H and O–H groups in total. The van der Waals surface area contributed by atoms with Gasteiger partial charge in [0.2, 0.25) is 17.1 Å². The van der Waals surface area contributed by atoms with E-state index in [-0.39, 0.29) is 0 Å². The standard InChI is InChI=1S/C14H17O3PSi2/c15-18-16-19(11-13-7-3-1-4-8-13)20(17-18)12-14-9-5-2-6-10-14/h1-10,18-20H,11-12H2. The lowest BCUT2D eigenvalue weighted by molar-refractivity contribution is 0.452. The molecule has 104 valence electrons. The van der Waals surface area contributed by atoms with Crippen LogP contribution in [0.1, 0.15) is 11.1 Å². The Morgan fingerprint density at radius 2 is 1.15 bits per heavy atom. The Morgan fingerprint density at radius 3 is 1.55 bits per heavy atom. The normalized spacial score (nSPS) is 25.7. The van der Waals surface area contributed by atoms with Crippen molar-refractivity contribution in [3.63, 3.8) is 0 Å². The fraction of sp³-hybridized carbons (Fsp3) is 0.143. The summed E-state index contributed by atoms with van der Waals surface area (Å²) >= 11 is 0. The van der Waals surface area contributed by atoms with Gasteiger partial charge in [-0.25, -0.2) is 0 Å². The molecule has 3 nitrogen and oxygen atoms in total. The highest BCUT2D eigenvalue weighted by atomic mass is 31.1. The lowest BCUT2D eigenvalue weighted by atomic mass is 10.2. The highest BCUT2D eigenvalue weighted by molar-refractivity contribution is 7.46. The second-order valence-corrected chi connectivity index (χ2v) is 14.8. The molecule has 0 bridgehead atoms. The smallest absolute Gasteiger partial charge is 0.298 e. The van der Waals surface area contributed by atoms with Crippen molar-refractivity contribution in [2.24, 2.45) is 0 Å². The lowest BCUT2D eigenvalue weighted by Crippen LogP contribution is -2.37. The van der Waals surface area contributed by atoms with Crippen LogP contribution in [0.2, 0.25) is 0 Å². The van der Waals surface area contributed by atoms with E-state index < -0.39 is 25.4 Å². The Balaban J connectivity index is 1.70. The molecule has 1 aliphatic rings. The molecule has 1 heterocycles. The summed E-state index contributed by atoms with van der Waals surface area (Å²) in [5.41, 5.74) is 2.55. The lowest BCUT2D eigenvalue weighted by Gasteiger charge is -2.12. The Hall–Kier alpha value is -0.976. The van der Waals surface area contributed by atoms with E-state index in [1.54, 1.807) is 0 Å². The van der Waals surface area contributed by atoms with Gasteiger partial charge in [0, 0.05) is 0 Å². The molecule has 1 fully saturated rings. The average molecular weight is 320 g/mol. The van der Waals surface area contributed by atoms with E-state index in [0.717, 1.165) is 12.1 Å². The van der Waals surface area contributed by atoms with Gasteiger partial charge in [0.1, 0.15) is 0 Å². The first kappa shape index (κ1) is 14.0. The molecule has 0 aromatic heterocycles. The zero-order valence-electron chi connectivity index (χ0n) is 11.1. The fourth-order valence-electron chi connectivity index (χ4n) is 2.47. The minimum Gasteiger partial charge on any atom is -0.357 e. The molecule has 1 aliphatic heterocycles. The van der Waals surface area contributed by atoms with Crippen LogP contribution in [0.5, 0.6) is 0 Å². The molecule has 6 heteroatoms. The summed E-state index contributed by atoms with van der Waals surface area (Å²) < 4.78 is 23.0. The highest BCUT2D eigenvalue weighted by Crippen LogP contribution is 2.36. The first-order chi connectivity index (χ1) is 9.81. The number of hydrogen-bond acceptors (Lipinski definition) is 3. The van der Waals surface area contributed by atoms with Crippen molar-refractivity contribution < 1.29 is 13.0 Å². The van der Waals surface area contributed by atoms with Gasteiger partial charge in [-0.1, -0.05) is 60.7 Å². The molecule has 3 rings (SSSR count). The highest BCUT2D eigenvalue weighted by Gasteiger charge is 2.37. The molecule has 1 saturated heterocycles. The van der Waals surface area contributed by atoms with E-state index in [2.05, 4.69) is 24.3 Å². The van der Waals surface area contributed by atoms with Gasteiger partial charge >= 0.3 is 0 Å². The zero-order chi connectivity index (χ0) is 13.8. The molecule has 0 spiro atoms. The predicted molar refractivity (Wildman–Crippen MR) is 85.8 cm³/mol. The first-order valence-corrected chi connectivity index (χ1v) is 13.2. The molecule has 0 saturated carbocycles. The van der Waals surface area contributed by atoms with Crippen LogP contribution in [-0.2, 0) is 25.1 Å². The zero-order valence-corrected chi connectivity index (χ0v) is 14.4. The van der Waals surface area contributed by atoms with Gasteiger partial charge in [0.15, 0.2) is 0 Å². The summed E-state index contributed by atoms with van der Waals surface area (Å²) in [5.74, 6) is 0. The minimum atomic E-state index is -2.22. The van der Waals surface area contributed by atoms with E-state index >= 15 is 0 Å². The molecule has 2 aromatic carbocycles. The first-order valence-electron chi connectivity index (χ1n) is 6.76. The van der Waals surface area contributed by atoms with Crippen molar-refractivity contribution in [1.82, 2.24) is 0 Å². The largest absolute Gasteiger partial charge is 0.357 e. The second-order valence-electron chi connectivity index (χ2n) is 4.94. The van der Waals surface area contributed by atoms with E-state index in [9.17, 15) is 4.57 Å². The van der Waals surface area contributed by atoms with Crippen LogP contribution >= 0.6 is 8.25 Å². The van der Waals surface area contributed by atoms with Crippen molar-refractivity contribution >= 4 is 25.4 Å².